The number of hydrogen-bond donors (Lipinski definition) is 3. The summed E-state index contributed by atoms with van der Waals surface area (Å²) < 4.78 is 0. The number of carbonyl (C=O) groups excluding carboxylic acids is 2. The average molecular weight is 157 g/mol. The van der Waals surface area contributed by atoms with Crippen LogP contribution in [0.15, 0.2) is 0 Å². The van der Waals surface area contributed by atoms with Crippen molar-refractivity contribution < 1.29 is 19.6 Å². The van der Waals surface area contributed by atoms with Crippen LogP contribution in [0.3, 0.4) is 0 Å². The summed E-state index contributed by atoms with van der Waals surface area (Å²) in [7, 11) is -1.97. The summed E-state index contributed by atoms with van der Waals surface area (Å²) in [4.78, 5) is 21.3. The Labute approximate surface area is 63.5 Å². The van der Waals surface area contributed by atoms with E-state index in [2.05, 4.69) is 5.32 Å². The Bertz CT molecular complexity index is 193. The average Bonchev–Trinajstić information content (AvgIpc) is 2.34. The Balaban J connectivity index is 2.50. The van der Waals surface area contributed by atoms with Crippen molar-refractivity contribution >= 4 is 18.7 Å². The molecule has 0 bridgehead atoms. The molecule has 0 aromatic rings. The first-order valence-electron chi connectivity index (χ1n) is 3.30. The summed E-state index contributed by atoms with van der Waals surface area (Å²) >= 11 is 0. The Morgan fingerprint density at radius 1 is 1.64 bits per heavy atom. The standard InChI is InChI=1S/C5H8BNO4/c8-4-2-1-3(7-4)5(9)6(10)11/h3,10-11H,1-2H2,(H,7,8)/t3-/m0/s1. The number of hydrogen-bond acceptors (Lipinski definition) is 4. The Morgan fingerprint density at radius 3 is 2.64 bits per heavy atom. The van der Waals surface area contributed by atoms with Crippen LogP contribution in [0.4, 0.5) is 0 Å². The number of carbonyl (C=O) groups is 2. The van der Waals surface area contributed by atoms with E-state index in [1.165, 1.54) is 0 Å². The first-order chi connectivity index (χ1) is 5.11. The molecule has 1 fully saturated rings. The lowest BCUT2D eigenvalue weighted by Gasteiger charge is -2.06. The fourth-order valence-electron chi connectivity index (χ4n) is 1.01. The molecule has 0 aliphatic carbocycles. The molecule has 3 N–H and O–H groups in total. The Morgan fingerprint density at radius 2 is 2.27 bits per heavy atom. The highest BCUT2D eigenvalue weighted by Crippen LogP contribution is 2.07. The van der Waals surface area contributed by atoms with Crippen LogP contribution in [0.25, 0.3) is 0 Å². The zero-order valence-corrected chi connectivity index (χ0v) is 5.78. The summed E-state index contributed by atoms with van der Waals surface area (Å²) in [6, 6.07) is -0.706. The highest BCUT2D eigenvalue weighted by Gasteiger charge is 2.33. The molecule has 60 valence electrons. The molecule has 0 spiro atoms. The summed E-state index contributed by atoms with van der Waals surface area (Å²) in [5.74, 6) is -0.219. The topological polar surface area (TPSA) is 86.6 Å². The van der Waals surface area contributed by atoms with E-state index >= 15 is 0 Å². The predicted octanol–water partition coefficient (Wildman–Crippen LogP) is -2.15. The maximum atomic E-state index is 10.8. The van der Waals surface area contributed by atoms with Gasteiger partial charge in [0, 0.05) is 6.42 Å². The smallest absolute Gasteiger partial charge is 0.421 e. The second-order valence-electron chi connectivity index (χ2n) is 2.43. The van der Waals surface area contributed by atoms with Crippen LogP contribution in [0, 0.1) is 0 Å². The molecule has 1 heterocycles. The largest absolute Gasteiger partial charge is 0.529 e. The molecule has 1 rings (SSSR count). The minimum atomic E-state index is -1.97. The van der Waals surface area contributed by atoms with Gasteiger partial charge in [-0.1, -0.05) is 0 Å². The van der Waals surface area contributed by atoms with Crippen LogP contribution >= 0.6 is 0 Å². The van der Waals surface area contributed by atoms with Gasteiger partial charge in [0.05, 0.1) is 6.04 Å². The van der Waals surface area contributed by atoms with E-state index in [1.54, 1.807) is 0 Å². The lowest BCUT2D eigenvalue weighted by atomic mass is 9.79. The molecule has 0 saturated carbocycles. The molecule has 0 radical (unpaired) electrons. The number of amides is 1. The molecule has 5 nitrogen and oxygen atoms in total. The monoisotopic (exact) mass is 157 g/mol. The summed E-state index contributed by atoms with van der Waals surface area (Å²) in [5, 5.41) is 19.2. The molecule has 0 unspecified atom stereocenters. The lowest BCUT2D eigenvalue weighted by Crippen LogP contribution is -2.42. The van der Waals surface area contributed by atoms with Crippen LogP contribution in [-0.4, -0.2) is 34.8 Å². The molecular formula is C5H8BNO4. The van der Waals surface area contributed by atoms with Crippen molar-refractivity contribution in [1.82, 2.24) is 5.32 Å². The van der Waals surface area contributed by atoms with Crippen molar-refractivity contribution in [3.63, 3.8) is 0 Å². The molecule has 1 saturated heterocycles. The van der Waals surface area contributed by atoms with Crippen molar-refractivity contribution in [3.8, 4) is 0 Å². The second-order valence-corrected chi connectivity index (χ2v) is 2.43. The molecule has 6 heteroatoms. The van der Waals surface area contributed by atoms with E-state index in [-0.39, 0.29) is 12.3 Å². The Hall–Kier alpha value is -0.875. The van der Waals surface area contributed by atoms with Gasteiger partial charge in [0.15, 0.2) is 5.68 Å². The van der Waals surface area contributed by atoms with Gasteiger partial charge in [-0.2, -0.15) is 0 Å². The van der Waals surface area contributed by atoms with Gasteiger partial charge in [0.1, 0.15) is 0 Å². The molecule has 1 atom stereocenters. The summed E-state index contributed by atoms with van der Waals surface area (Å²) in [6.45, 7) is 0. The molecule has 1 amide bonds. The first kappa shape index (κ1) is 8.22. The zero-order chi connectivity index (χ0) is 8.43. The molecule has 0 aromatic heterocycles. The van der Waals surface area contributed by atoms with Gasteiger partial charge in [0.25, 0.3) is 0 Å². The van der Waals surface area contributed by atoms with E-state index in [0.717, 1.165) is 0 Å². The minimum Gasteiger partial charge on any atom is -0.421 e. The lowest BCUT2D eigenvalue weighted by molar-refractivity contribution is -0.122. The minimum absolute atomic E-state index is 0.219. The second kappa shape index (κ2) is 3.02. The van der Waals surface area contributed by atoms with Crippen molar-refractivity contribution in [2.45, 2.75) is 18.9 Å². The molecule has 1 aliphatic rings. The zero-order valence-electron chi connectivity index (χ0n) is 5.78. The van der Waals surface area contributed by atoms with Gasteiger partial charge in [-0.3, -0.25) is 4.79 Å². The SMILES string of the molecule is O=C1CC[C@@H](C(=O)B(O)O)N1. The summed E-state index contributed by atoms with van der Waals surface area (Å²) in [5.41, 5.74) is -0.740. The third kappa shape index (κ3) is 1.78. The van der Waals surface area contributed by atoms with E-state index in [9.17, 15) is 9.59 Å². The van der Waals surface area contributed by atoms with Crippen LogP contribution in [0.1, 0.15) is 12.8 Å². The highest BCUT2D eigenvalue weighted by molar-refractivity contribution is 6.79. The van der Waals surface area contributed by atoms with Crippen molar-refractivity contribution in [1.29, 1.82) is 0 Å². The van der Waals surface area contributed by atoms with Gasteiger partial charge in [-0.05, 0) is 6.42 Å². The van der Waals surface area contributed by atoms with Crippen molar-refractivity contribution in [2.24, 2.45) is 0 Å². The summed E-state index contributed by atoms with van der Waals surface area (Å²) in [6.07, 6.45) is 0.637. The van der Waals surface area contributed by atoms with E-state index < -0.39 is 18.8 Å². The van der Waals surface area contributed by atoms with Crippen LogP contribution in [-0.2, 0) is 9.59 Å². The molecular weight excluding hydrogens is 149 g/mol. The predicted molar refractivity (Wildman–Crippen MR) is 36.4 cm³/mol. The maximum Gasteiger partial charge on any atom is 0.529 e. The molecule has 1 aliphatic heterocycles. The van der Waals surface area contributed by atoms with E-state index in [1.807, 2.05) is 0 Å². The van der Waals surface area contributed by atoms with Crippen LogP contribution < -0.4 is 5.32 Å². The van der Waals surface area contributed by atoms with Crippen molar-refractivity contribution in [3.05, 3.63) is 0 Å². The van der Waals surface area contributed by atoms with Crippen molar-refractivity contribution in [2.75, 3.05) is 0 Å². The maximum absolute atomic E-state index is 10.8. The Kier molecular flexibility index (Phi) is 2.26. The number of nitrogens with one attached hydrogen (secondary N) is 1. The van der Waals surface area contributed by atoms with E-state index in [0.29, 0.717) is 6.42 Å². The quantitative estimate of drug-likeness (QED) is 0.398. The van der Waals surface area contributed by atoms with Gasteiger partial charge < -0.3 is 20.2 Å². The van der Waals surface area contributed by atoms with Gasteiger partial charge in [-0.15, -0.1) is 0 Å². The third-order valence-corrected chi connectivity index (χ3v) is 1.59. The fraction of sp³-hybridized carbons (Fsp3) is 0.600. The van der Waals surface area contributed by atoms with E-state index in [4.69, 9.17) is 10.0 Å². The van der Waals surface area contributed by atoms with Gasteiger partial charge >= 0.3 is 7.12 Å². The normalized spacial score (nSPS) is 23.1. The third-order valence-electron chi connectivity index (χ3n) is 1.59. The van der Waals surface area contributed by atoms with Crippen LogP contribution in [0.5, 0.6) is 0 Å². The first-order valence-corrected chi connectivity index (χ1v) is 3.30. The van der Waals surface area contributed by atoms with Gasteiger partial charge in [0.2, 0.25) is 5.91 Å². The molecule has 0 aromatic carbocycles. The van der Waals surface area contributed by atoms with Gasteiger partial charge in [-0.25, -0.2) is 0 Å². The highest BCUT2D eigenvalue weighted by atomic mass is 16.4. The molecule has 11 heavy (non-hydrogen) atoms. The number of rotatable bonds is 2. The van der Waals surface area contributed by atoms with Crippen LogP contribution in [0.2, 0.25) is 0 Å². The fourth-order valence-corrected chi connectivity index (χ4v) is 1.01.